The summed E-state index contributed by atoms with van der Waals surface area (Å²) in [6.45, 7) is 8.40. The second-order valence-electron chi connectivity index (χ2n) is 9.25. The van der Waals surface area contributed by atoms with Crippen LogP contribution in [0.3, 0.4) is 0 Å². The minimum absolute atomic E-state index is 0.0838. The lowest BCUT2D eigenvalue weighted by atomic mass is 10.1. The molecular formula is C25H33BrClN3O3. The van der Waals surface area contributed by atoms with Gasteiger partial charge in [0.05, 0.1) is 17.8 Å². The second kappa shape index (κ2) is 11.3. The molecule has 1 fully saturated rings. The average molecular weight is 539 g/mol. The van der Waals surface area contributed by atoms with Crippen molar-refractivity contribution in [3.8, 4) is 11.5 Å². The van der Waals surface area contributed by atoms with Gasteiger partial charge in [0, 0.05) is 35.3 Å². The van der Waals surface area contributed by atoms with Gasteiger partial charge in [-0.1, -0.05) is 27.5 Å². The number of rotatable bonds is 8. The molecule has 0 aliphatic carbocycles. The molecule has 2 aromatic carbocycles. The number of nitrogens with zero attached hydrogens (tertiary/aromatic N) is 1. The highest BCUT2D eigenvalue weighted by molar-refractivity contribution is 9.10. The van der Waals surface area contributed by atoms with E-state index in [0.717, 1.165) is 39.5 Å². The van der Waals surface area contributed by atoms with Crippen LogP contribution in [-0.2, 0) is 11.3 Å². The maximum absolute atomic E-state index is 12.1. The van der Waals surface area contributed by atoms with Gasteiger partial charge in [-0.25, -0.2) is 0 Å². The number of anilines is 2. The van der Waals surface area contributed by atoms with Crippen molar-refractivity contribution in [1.82, 2.24) is 5.32 Å². The Hall–Kier alpha value is -2.12. The quantitative estimate of drug-likeness (QED) is 0.431. The van der Waals surface area contributed by atoms with Gasteiger partial charge in [0.2, 0.25) is 0 Å². The van der Waals surface area contributed by atoms with E-state index < -0.39 is 0 Å². The van der Waals surface area contributed by atoms with Crippen molar-refractivity contribution >= 4 is 44.8 Å². The zero-order valence-electron chi connectivity index (χ0n) is 19.8. The number of methoxy groups -OCH3 is 1. The third-order valence-corrected chi connectivity index (χ3v) is 6.37. The molecule has 2 N–H and O–H groups in total. The summed E-state index contributed by atoms with van der Waals surface area (Å²) in [6.07, 6.45) is 3.72. The van der Waals surface area contributed by atoms with Crippen LogP contribution >= 0.6 is 27.5 Å². The van der Waals surface area contributed by atoms with E-state index in [1.807, 2.05) is 39.0 Å². The maximum atomic E-state index is 12.1. The number of carbonyl (C=O) groups is 1. The number of piperidine rings is 1. The molecule has 33 heavy (non-hydrogen) atoms. The highest BCUT2D eigenvalue weighted by Crippen LogP contribution is 2.35. The fraction of sp³-hybridized carbons (Fsp3) is 0.480. The molecule has 1 aliphatic rings. The number of nitrogens with one attached hydrogen (secondary N) is 2. The van der Waals surface area contributed by atoms with Crippen molar-refractivity contribution in [3.05, 3.63) is 45.4 Å². The molecule has 0 aromatic heterocycles. The van der Waals surface area contributed by atoms with Crippen molar-refractivity contribution in [2.45, 2.75) is 52.1 Å². The Kier molecular flexibility index (Phi) is 8.76. The standard InChI is InChI=1S/C25H33BrClN3O3/c1-25(2,3)29-24(31)16-33-23-14-19(26)17(12-22(23)32-4)15-28-18-8-9-21(20(27)13-18)30-10-6-5-7-11-30/h8-9,12-14,28H,5-7,10-11,15-16H2,1-4H3,(H,29,31). The van der Waals surface area contributed by atoms with Gasteiger partial charge in [-0.05, 0) is 75.9 Å². The van der Waals surface area contributed by atoms with Crippen LogP contribution in [0.5, 0.6) is 11.5 Å². The van der Waals surface area contributed by atoms with E-state index in [0.29, 0.717) is 18.0 Å². The molecule has 0 atom stereocenters. The Balaban J connectivity index is 1.64. The lowest BCUT2D eigenvalue weighted by Crippen LogP contribution is -2.43. The van der Waals surface area contributed by atoms with E-state index in [9.17, 15) is 4.79 Å². The van der Waals surface area contributed by atoms with Gasteiger partial charge in [-0.15, -0.1) is 0 Å². The number of hydrogen-bond acceptors (Lipinski definition) is 5. The number of halogens is 2. The van der Waals surface area contributed by atoms with Gasteiger partial charge in [0.1, 0.15) is 0 Å². The van der Waals surface area contributed by atoms with Crippen molar-refractivity contribution in [3.63, 3.8) is 0 Å². The molecule has 1 amide bonds. The number of ether oxygens (including phenoxy) is 2. The highest BCUT2D eigenvalue weighted by atomic mass is 79.9. The molecule has 0 bridgehead atoms. The Labute approximate surface area is 210 Å². The van der Waals surface area contributed by atoms with E-state index in [-0.39, 0.29) is 18.1 Å². The average Bonchev–Trinajstić information content (AvgIpc) is 2.76. The van der Waals surface area contributed by atoms with E-state index in [1.54, 1.807) is 7.11 Å². The van der Waals surface area contributed by atoms with E-state index >= 15 is 0 Å². The number of carbonyl (C=O) groups excluding carboxylic acids is 1. The molecule has 2 aromatic rings. The normalized spacial score (nSPS) is 14.1. The summed E-state index contributed by atoms with van der Waals surface area (Å²) in [6, 6.07) is 9.85. The minimum Gasteiger partial charge on any atom is -0.493 e. The Bertz CT molecular complexity index is 972. The summed E-state index contributed by atoms with van der Waals surface area (Å²) in [5.41, 5.74) is 2.73. The summed E-state index contributed by atoms with van der Waals surface area (Å²) < 4.78 is 12.1. The van der Waals surface area contributed by atoms with E-state index in [2.05, 4.69) is 43.6 Å². The zero-order chi connectivity index (χ0) is 24.0. The van der Waals surface area contributed by atoms with Gasteiger partial charge in [0.15, 0.2) is 18.1 Å². The maximum Gasteiger partial charge on any atom is 0.258 e. The third-order valence-electron chi connectivity index (χ3n) is 5.33. The predicted molar refractivity (Wildman–Crippen MR) is 139 cm³/mol. The lowest BCUT2D eigenvalue weighted by molar-refractivity contribution is -0.124. The van der Waals surface area contributed by atoms with Gasteiger partial charge in [-0.2, -0.15) is 0 Å². The summed E-state index contributed by atoms with van der Waals surface area (Å²) in [5, 5.41) is 7.07. The first kappa shape index (κ1) is 25.5. The predicted octanol–water partition coefficient (Wildman–Crippen LogP) is 6.01. The minimum atomic E-state index is -0.310. The first-order chi connectivity index (χ1) is 15.7. The van der Waals surface area contributed by atoms with Crippen LogP contribution in [0, 0.1) is 0 Å². The summed E-state index contributed by atoms with van der Waals surface area (Å²) in [4.78, 5) is 14.4. The van der Waals surface area contributed by atoms with Gasteiger partial charge >= 0.3 is 0 Å². The fourth-order valence-electron chi connectivity index (χ4n) is 3.79. The first-order valence-corrected chi connectivity index (χ1v) is 12.4. The molecule has 3 rings (SSSR count). The molecule has 0 radical (unpaired) electrons. The second-order valence-corrected chi connectivity index (χ2v) is 10.5. The van der Waals surface area contributed by atoms with Crippen LogP contribution in [0.1, 0.15) is 45.6 Å². The third kappa shape index (κ3) is 7.44. The van der Waals surface area contributed by atoms with Crippen LogP contribution in [0.25, 0.3) is 0 Å². The molecule has 8 heteroatoms. The van der Waals surface area contributed by atoms with Crippen LogP contribution < -0.4 is 25.0 Å². The molecule has 1 saturated heterocycles. The van der Waals surface area contributed by atoms with Gasteiger partial charge in [-0.3, -0.25) is 4.79 Å². The van der Waals surface area contributed by atoms with Crippen molar-refractivity contribution in [1.29, 1.82) is 0 Å². The number of benzene rings is 2. The van der Waals surface area contributed by atoms with Gasteiger partial charge in [0.25, 0.3) is 5.91 Å². The molecular weight excluding hydrogens is 506 g/mol. The SMILES string of the molecule is COc1cc(CNc2ccc(N3CCCCC3)c(Cl)c2)c(Br)cc1OCC(=O)NC(C)(C)C. The number of amides is 1. The largest absolute Gasteiger partial charge is 0.493 e. The molecule has 180 valence electrons. The van der Waals surface area contributed by atoms with Crippen LogP contribution in [0.2, 0.25) is 5.02 Å². The van der Waals surface area contributed by atoms with E-state index in [1.165, 1.54) is 19.3 Å². The Morgan fingerprint density at radius 2 is 1.85 bits per heavy atom. The summed E-state index contributed by atoms with van der Waals surface area (Å²) >= 11 is 10.2. The Morgan fingerprint density at radius 1 is 1.12 bits per heavy atom. The first-order valence-electron chi connectivity index (χ1n) is 11.2. The molecule has 6 nitrogen and oxygen atoms in total. The van der Waals surface area contributed by atoms with Crippen molar-refractivity contribution in [2.24, 2.45) is 0 Å². The summed E-state index contributed by atoms with van der Waals surface area (Å²) in [5.74, 6) is 0.888. The van der Waals surface area contributed by atoms with E-state index in [4.69, 9.17) is 21.1 Å². The monoisotopic (exact) mass is 537 g/mol. The van der Waals surface area contributed by atoms with Crippen LogP contribution in [0.4, 0.5) is 11.4 Å². The smallest absolute Gasteiger partial charge is 0.258 e. The fourth-order valence-corrected chi connectivity index (χ4v) is 4.55. The lowest BCUT2D eigenvalue weighted by Gasteiger charge is -2.29. The molecule has 1 heterocycles. The Morgan fingerprint density at radius 3 is 2.48 bits per heavy atom. The van der Waals surface area contributed by atoms with Gasteiger partial charge < -0.3 is 25.0 Å². The topological polar surface area (TPSA) is 62.8 Å². The van der Waals surface area contributed by atoms with Crippen LogP contribution in [0.15, 0.2) is 34.8 Å². The van der Waals surface area contributed by atoms with Crippen LogP contribution in [-0.4, -0.2) is 38.3 Å². The van der Waals surface area contributed by atoms with Crippen molar-refractivity contribution < 1.29 is 14.3 Å². The number of hydrogen-bond donors (Lipinski definition) is 2. The zero-order valence-corrected chi connectivity index (χ0v) is 22.1. The molecule has 0 saturated carbocycles. The molecule has 0 unspecified atom stereocenters. The molecule has 1 aliphatic heterocycles. The highest BCUT2D eigenvalue weighted by Gasteiger charge is 2.17. The molecule has 0 spiro atoms. The van der Waals surface area contributed by atoms with Crippen molar-refractivity contribution in [2.75, 3.05) is 37.0 Å². The summed E-state index contributed by atoms with van der Waals surface area (Å²) in [7, 11) is 1.58.